The van der Waals surface area contributed by atoms with Crippen LogP contribution in [0.15, 0.2) is 36.7 Å². The first-order chi connectivity index (χ1) is 12.7. The van der Waals surface area contributed by atoms with Crippen LogP contribution in [0.4, 0.5) is 5.69 Å². The van der Waals surface area contributed by atoms with Crippen LogP contribution in [0.5, 0.6) is 0 Å². The molecule has 2 aliphatic rings. The maximum Gasteiger partial charge on any atom is 0.214 e. The van der Waals surface area contributed by atoms with E-state index in [4.69, 9.17) is 4.98 Å². The fraction of sp³-hybridized carbons (Fsp3) is 0.500. The van der Waals surface area contributed by atoms with Crippen molar-refractivity contribution in [3.63, 3.8) is 0 Å². The number of nitrogens with zero attached hydrogens (tertiary/aromatic N) is 4. The van der Waals surface area contributed by atoms with E-state index in [2.05, 4.69) is 64.5 Å². The van der Waals surface area contributed by atoms with Gasteiger partial charge in [0.2, 0.25) is 5.78 Å². The molecule has 0 atom stereocenters. The van der Waals surface area contributed by atoms with Crippen molar-refractivity contribution < 1.29 is 0 Å². The lowest BCUT2D eigenvalue weighted by Crippen LogP contribution is -2.44. The molecule has 1 aromatic carbocycles. The van der Waals surface area contributed by atoms with E-state index in [9.17, 15) is 0 Å². The van der Waals surface area contributed by atoms with Gasteiger partial charge in [0.1, 0.15) is 0 Å². The molecule has 1 aliphatic heterocycles. The molecule has 3 heterocycles. The summed E-state index contributed by atoms with van der Waals surface area (Å²) in [7, 11) is 2.09. The lowest BCUT2D eigenvalue weighted by molar-refractivity contribution is 0.285. The Bertz CT molecular complexity index is 912. The zero-order valence-electron chi connectivity index (χ0n) is 16.5. The molecule has 0 saturated heterocycles. The number of fused-ring (bicyclic) bond motifs is 4. The average molecular weight is 351 g/mol. The fourth-order valence-electron chi connectivity index (χ4n) is 4.95. The van der Waals surface area contributed by atoms with Crippen molar-refractivity contribution in [2.45, 2.75) is 65.0 Å². The van der Waals surface area contributed by atoms with Crippen LogP contribution in [0.25, 0.3) is 5.78 Å². The molecular weight excluding hydrogens is 320 g/mol. The predicted octanol–water partition coefficient (Wildman–Crippen LogP) is 5.19. The average Bonchev–Trinajstić information content (AvgIpc) is 3.30. The van der Waals surface area contributed by atoms with Gasteiger partial charge in [-0.25, -0.2) is 4.98 Å². The van der Waals surface area contributed by atoms with Gasteiger partial charge in [0.15, 0.2) is 0 Å². The maximum atomic E-state index is 4.99. The van der Waals surface area contributed by atoms with E-state index in [1.807, 2.05) is 13.8 Å². The molecule has 5 rings (SSSR count). The summed E-state index contributed by atoms with van der Waals surface area (Å²) in [5.41, 5.74) is 5.57. The van der Waals surface area contributed by atoms with Crippen LogP contribution in [0.2, 0.25) is 0 Å². The lowest BCUT2D eigenvalue weighted by atomic mass is 9.79. The summed E-state index contributed by atoms with van der Waals surface area (Å²) >= 11 is 0. The number of aromatic nitrogens is 3. The van der Waals surface area contributed by atoms with Gasteiger partial charge in [-0.15, -0.1) is 0 Å². The molecule has 4 nitrogen and oxygen atoms in total. The minimum atomic E-state index is 0.112. The van der Waals surface area contributed by atoms with Gasteiger partial charge in [0.05, 0.1) is 23.5 Å². The first-order valence-corrected chi connectivity index (χ1v) is 10.1. The zero-order valence-corrected chi connectivity index (χ0v) is 16.5. The van der Waals surface area contributed by atoms with Gasteiger partial charge >= 0.3 is 0 Å². The summed E-state index contributed by atoms with van der Waals surface area (Å²) in [4.78, 5) is 7.64. The predicted molar refractivity (Wildman–Crippen MR) is 108 cm³/mol. The van der Waals surface area contributed by atoms with E-state index in [-0.39, 0.29) is 5.54 Å². The van der Waals surface area contributed by atoms with Crippen LogP contribution in [0, 0.1) is 6.92 Å². The molecule has 1 fully saturated rings. The standard InChI is InChI=1S/C20H24N4.C2H6/c1-15-8-4-5-9-17(15)24-14-16-18(20(24)10-6-3-7-11-20)23-13-12-22(2)19(23)21-16;1-2/h4-5,8-9,12-13H,3,6-7,10-11,14H2,1-2H3;1-2H3. The van der Waals surface area contributed by atoms with Crippen molar-refractivity contribution in [2.75, 3.05) is 4.90 Å². The summed E-state index contributed by atoms with van der Waals surface area (Å²) in [6.07, 6.45) is 10.8. The number of para-hydroxylation sites is 1. The molecule has 1 spiro atoms. The molecule has 0 bridgehead atoms. The van der Waals surface area contributed by atoms with E-state index in [1.54, 1.807) is 0 Å². The molecule has 0 amide bonds. The molecule has 3 aromatic rings. The largest absolute Gasteiger partial charge is 0.354 e. The highest BCUT2D eigenvalue weighted by Gasteiger charge is 2.49. The molecule has 2 aromatic heterocycles. The van der Waals surface area contributed by atoms with Crippen molar-refractivity contribution in [1.29, 1.82) is 0 Å². The number of anilines is 1. The van der Waals surface area contributed by atoms with E-state index >= 15 is 0 Å². The molecule has 1 saturated carbocycles. The van der Waals surface area contributed by atoms with Crippen LogP contribution < -0.4 is 4.90 Å². The second-order valence-corrected chi connectivity index (χ2v) is 7.45. The normalized spacial score (nSPS) is 18.1. The minimum Gasteiger partial charge on any atom is -0.354 e. The summed E-state index contributed by atoms with van der Waals surface area (Å²) in [6.45, 7) is 7.16. The highest BCUT2D eigenvalue weighted by atomic mass is 15.3. The molecule has 0 radical (unpaired) electrons. The van der Waals surface area contributed by atoms with Crippen molar-refractivity contribution in [3.05, 3.63) is 53.6 Å². The quantitative estimate of drug-likeness (QED) is 0.604. The van der Waals surface area contributed by atoms with Gasteiger partial charge in [0.25, 0.3) is 0 Å². The zero-order chi connectivity index (χ0) is 18.3. The summed E-state index contributed by atoms with van der Waals surface area (Å²) < 4.78 is 4.48. The Morgan fingerprint density at radius 1 is 1.00 bits per heavy atom. The van der Waals surface area contributed by atoms with Crippen molar-refractivity contribution in [2.24, 2.45) is 7.05 Å². The number of aryl methyl sites for hydroxylation is 2. The Morgan fingerprint density at radius 2 is 1.73 bits per heavy atom. The summed E-state index contributed by atoms with van der Waals surface area (Å²) in [5, 5.41) is 0. The minimum absolute atomic E-state index is 0.112. The van der Waals surface area contributed by atoms with Crippen molar-refractivity contribution in [3.8, 4) is 0 Å². The summed E-state index contributed by atoms with van der Waals surface area (Å²) in [6, 6.07) is 8.82. The number of hydrogen-bond acceptors (Lipinski definition) is 2. The molecule has 0 unspecified atom stereocenters. The van der Waals surface area contributed by atoms with Crippen molar-refractivity contribution in [1.82, 2.24) is 14.0 Å². The van der Waals surface area contributed by atoms with E-state index in [1.165, 1.54) is 54.7 Å². The van der Waals surface area contributed by atoms with Gasteiger partial charge in [-0.1, -0.05) is 51.3 Å². The number of hydrogen-bond donors (Lipinski definition) is 0. The highest BCUT2D eigenvalue weighted by molar-refractivity contribution is 5.61. The number of benzene rings is 1. The first-order valence-electron chi connectivity index (χ1n) is 10.1. The van der Waals surface area contributed by atoms with Crippen molar-refractivity contribution >= 4 is 11.5 Å². The third kappa shape index (κ3) is 2.31. The van der Waals surface area contributed by atoms with Crippen LogP contribution in [-0.4, -0.2) is 14.0 Å². The molecule has 26 heavy (non-hydrogen) atoms. The highest BCUT2D eigenvalue weighted by Crippen LogP contribution is 2.51. The van der Waals surface area contributed by atoms with E-state index < -0.39 is 0 Å². The lowest BCUT2D eigenvalue weighted by Gasteiger charge is -2.43. The van der Waals surface area contributed by atoms with Crippen LogP contribution in [-0.2, 0) is 19.1 Å². The van der Waals surface area contributed by atoms with Gasteiger partial charge in [-0.2, -0.15) is 0 Å². The molecule has 4 heteroatoms. The van der Waals surface area contributed by atoms with Gasteiger partial charge in [-0.05, 0) is 31.4 Å². The Morgan fingerprint density at radius 3 is 2.46 bits per heavy atom. The SMILES string of the molecule is CC.Cc1ccccc1N1Cc2nc3n(C)ccn3c2C12CCCCC2. The van der Waals surface area contributed by atoms with Gasteiger partial charge in [-0.3, -0.25) is 4.40 Å². The van der Waals surface area contributed by atoms with E-state index in [0.717, 1.165) is 12.3 Å². The fourth-order valence-corrected chi connectivity index (χ4v) is 4.95. The molecule has 0 N–H and O–H groups in total. The smallest absolute Gasteiger partial charge is 0.214 e. The van der Waals surface area contributed by atoms with E-state index in [0.29, 0.717) is 0 Å². The Kier molecular flexibility index (Phi) is 4.29. The second-order valence-electron chi connectivity index (χ2n) is 7.45. The van der Waals surface area contributed by atoms with Crippen LogP contribution >= 0.6 is 0 Å². The summed E-state index contributed by atoms with van der Waals surface area (Å²) in [5.74, 6) is 1.08. The van der Waals surface area contributed by atoms with Gasteiger partial charge in [0, 0.05) is 25.1 Å². The second kappa shape index (κ2) is 6.49. The van der Waals surface area contributed by atoms with Gasteiger partial charge < -0.3 is 9.47 Å². The molecular formula is C22H30N4. The number of rotatable bonds is 1. The third-order valence-corrected chi connectivity index (χ3v) is 6.07. The Balaban J connectivity index is 0.000000814. The third-order valence-electron chi connectivity index (χ3n) is 6.07. The van der Waals surface area contributed by atoms with Crippen LogP contribution in [0.3, 0.4) is 0 Å². The molecule has 138 valence electrons. The Hall–Kier alpha value is -2.23. The Labute approximate surface area is 156 Å². The monoisotopic (exact) mass is 350 g/mol. The van der Waals surface area contributed by atoms with Crippen LogP contribution in [0.1, 0.15) is 62.9 Å². The topological polar surface area (TPSA) is 25.5 Å². The first kappa shape index (κ1) is 17.2. The maximum absolute atomic E-state index is 4.99. The molecule has 1 aliphatic carbocycles. The number of imidazole rings is 2.